The maximum atomic E-state index is 4.62. The number of aromatic nitrogens is 1. The van der Waals surface area contributed by atoms with E-state index in [2.05, 4.69) is 48.2 Å². The SMILES string of the molecule is CCCNC(C)c1ccc(N(C)CC2CCCC2)cn1. The number of nitrogens with zero attached hydrogens (tertiary/aromatic N) is 2. The Morgan fingerprint density at radius 1 is 1.35 bits per heavy atom. The van der Waals surface area contributed by atoms with Gasteiger partial charge in [0.05, 0.1) is 17.6 Å². The van der Waals surface area contributed by atoms with Crippen molar-refractivity contribution in [2.75, 3.05) is 25.0 Å². The molecule has 0 radical (unpaired) electrons. The zero-order valence-electron chi connectivity index (χ0n) is 13.2. The molecule has 0 spiro atoms. The van der Waals surface area contributed by atoms with E-state index in [1.54, 1.807) is 0 Å². The molecule has 1 aliphatic rings. The molecule has 1 N–H and O–H groups in total. The molecule has 1 saturated carbocycles. The summed E-state index contributed by atoms with van der Waals surface area (Å²) in [5.41, 5.74) is 2.37. The van der Waals surface area contributed by atoms with Gasteiger partial charge in [-0.3, -0.25) is 4.98 Å². The van der Waals surface area contributed by atoms with Crippen LogP contribution in [0.2, 0.25) is 0 Å². The highest BCUT2D eigenvalue weighted by molar-refractivity contribution is 5.44. The lowest BCUT2D eigenvalue weighted by molar-refractivity contribution is 0.545. The predicted molar refractivity (Wildman–Crippen MR) is 86.2 cm³/mol. The Hall–Kier alpha value is -1.09. The average Bonchev–Trinajstić information content (AvgIpc) is 2.97. The van der Waals surface area contributed by atoms with Crippen LogP contribution in [-0.2, 0) is 0 Å². The second kappa shape index (κ2) is 7.63. The van der Waals surface area contributed by atoms with Crippen LogP contribution in [0.15, 0.2) is 18.3 Å². The summed E-state index contributed by atoms with van der Waals surface area (Å²) in [5, 5.41) is 3.48. The Bertz CT molecular complexity index is 382. The van der Waals surface area contributed by atoms with Crippen molar-refractivity contribution in [2.45, 2.75) is 52.0 Å². The summed E-state index contributed by atoms with van der Waals surface area (Å²) in [6, 6.07) is 4.71. The lowest BCUT2D eigenvalue weighted by Crippen LogP contribution is -2.24. The fourth-order valence-corrected chi connectivity index (χ4v) is 3.03. The van der Waals surface area contributed by atoms with Crippen LogP contribution in [0.3, 0.4) is 0 Å². The van der Waals surface area contributed by atoms with Crippen molar-refractivity contribution >= 4 is 5.69 Å². The van der Waals surface area contributed by atoms with Crippen molar-refractivity contribution in [3.8, 4) is 0 Å². The number of anilines is 1. The molecule has 2 rings (SSSR count). The highest BCUT2D eigenvalue weighted by atomic mass is 15.1. The molecule has 1 aromatic rings. The number of pyridine rings is 1. The third-order valence-electron chi connectivity index (χ3n) is 4.36. The van der Waals surface area contributed by atoms with Crippen LogP contribution in [0.25, 0.3) is 0 Å². The monoisotopic (exact) mass is 275 g/mol. The summed E-state index contributed by atoms with van der Waals surface area (Å²) in [7, 11) is 2.19. The van der Waals surface area contributed by atoms with Crippen molar-refractivity contribution in [1.82, 2.24) is 10.3 Å². The first-order chi connectivity index (χ1) is 9.70. The fraction of sp³-hybridized carbons (Fsp3) is 0.706. The molecule has 20 heavy (non-hydrogen) atoms. The molecule has 3 heteroatoms. The first kappa shape index (κ1) is 15.3. The fourth-order valence-electron chi connectivity index (χ4n) is 3.03. The van der Waals surface area contributed by atoms with E-state index in [0.29, 0.717) is 6.04 Å². The second-order valence-electron chi connectivity index (χ2n) is 6.15. The normalized spacial score (nSPS) is 17.4. The molecule has 0 bridgehead atoms. The van der Waals surface area contributed by atoms with E-state index in [0.717, 1.165) is 24.6 Å². The maximum absolute atomic E-state index is 4.62. The number of nitrogens with one attached hydrogen (secondary N) is 1. The third kappa shape index (κ3) is 4.20. The van der Waals surface area contributed by atoms with Crippen LogP contribution in [0, 0.1) is 5.92 Å². The van der Waals surface area contributed by atoms with E-state index in [9.17, 15) is 0 Å². The van der Waals surface area contributed by atoms with Gasteiger partial charge in [-0.2, -0.15) is 0 Å². The molecule has 1 heterocycles. The Kier molecular flexibility index (Phi) is 5.84. The smallest absolute Gasteiger partial charge is 0.0572 e. The van der Waals surface area contributed by atoms with Crippen molar-refractivity contribution in [1.29, 1.82) is 0 Å². The Labute approximate surface area is 123 Å². The Morgan fingerprint density at radius 2 is 2.10 bits per heavy atom. The van der Waals surface area contributed by atoms with E-state index in [-0.39, 0.29) is 0 Å². The minimum absolute atomic E-state index is 0.337. The zero-order valence-corrected chi connectivity index (χ0v) is 13.2. The molecule has 1 aromatic heterocycles. The van der Waals surface area contributed by atoms with Crippen molar-refractivity contribution in [2.24, 2.45) is 5.92 Å². The van der Waals surface area contributed by atoms with E-state index >= 15 is 0 Å². The second-order valence-corrected chi connectivity index (χ2v) is 6.15. The first-order valence-corrected chi connectivity index (χ1v) is 8.11. The van der Waals surface area contributed by atoms with Gasteiger partial charge in [-0.15, -0.1) is 0 Å². The van der Waals surface area contributed by atoms with Crippen LogP contribution in [0.1, 0.15) is 57.7 Å². The van der Waals surface area contributed by atoms with Crippen molar-refractivity contribution in [3.63, 3.8) is 0 Å². The molecule has 1 fully saturated rings. The zero-order chi connectivity index (χ0) is 14.4. The number of hydrogen-bond acceptors (Lipinski definition) is 3. The van der Waals surface area contributed by atoms with Crippen LogP contribution >= 0.6 is 0 Å². The minimum atomic E-state index is 0.337. The predicted octanol–water partition coefficient (Wildman–Crippen LogP) is 3.77. The lowest BCUT2D eigenvalue weighted by atomic mass is 10.1. The van der Waals surface area contributed by atoms with Gasteiger partial charge in [-0.05, 0) is 50.8 Å². The molecule has 1 unspecified atom stereocenters. The number of hydrogen-bond donors (Lipinski definition) is 1. The molecule has 1 aliphatic carbocycles. The topological polar surface area (TPSA) is 28.2 Å². The van der Waals surface area contributed by atoms with Gasteiger partial charge in [-0.25, -0.2) is 0 Å². The van der Waals surface area contributed by atoms with E-state index in [1.165, 1.54) is 37.9 Å². The molecule has 3 nitrogen and oxygen atoms in total. The van der Waals surface area contributed by atoms with Crippen molar-refractivity contribution < 1.29 is 0 Å². The lowest BCUT2D eigenvalue weighted by Gasteiger charge is -2.23. The number of rotatable bonds is 7. The quantitative estimate of drug-likeness (QED) is 0.821. The summed E-state index contributed by atoms with van der Waals surface area (Å²) in [4.78, 5) is 6.98. The van der Waals surface area contributed by atoms with Crippen LogP contribution in [0.5, 0.6) is 0 Å². The first-order valence-electron chi connectivity index (χ1n) is 8.11. The van der Waals surface area contributed by atoms with Crippen LogP contribution in [0.4, 0.5) is 5.69 Å². The highest BCUT2D eigenvalue weighted by Crippen LogP contribution is 2.26. The van der Waals surface area contributed by atoms with Gasteiger partial charge in [0.25, 0.3) is 0 Å². The highest BCUT2D eigenvalue weighted by Gasteiger charge is 2.17. The van der Waals surface area contributed by atoms with Crippen LogP contribution < -0.4 is 10.2 Å². The minimum Gasteiger partial charge on any atom is -0.373 e. The van der Waals surface area contributed by atoms with Gasteiger partial charge in [0.2, 0.25) is 0 Å². The van der Waals surface area contributed by atoms with E-state index in [4.69, 9.17) is 0 Å². The van der Waals surface area contributed by atoms with Crippen molar-refractivity contribution in [3.05, 3.63) is 24.0 Å². The van der Waals surface area contributed by atoms with E-state index in [1.807, 2.05) is 6.20 Å². The van der Waals surface area contributed by atoms with Gasteiger partial charge >= 0.3 is 0 Å². The standard InChI is InChI=1S/C17H29N3/c1-4-11-18-14(2)17-10-9-16(12-19-17)20(3)13-15-7-5-6-8-15/h9-10,12,14-15,18H,4-8,11,13H2,1-3H3. The summed E-state index contributed by atoms with van der Waals surface area (Å²) in [6.07, 6.45) is 8.80. The van der Waals surface area contributed by atoms with Gasteiger partial charge in [0, 0.05) is 19.6 Å². The summed E-state index contributed by atoms with van der Waals surface area (Å²) >= 11 is 0. The van der Waals surface area contributed by atoms with Gasteiger partial charge < -0.3 is 10.2 Å². The molecule has 112 valence electrons. The van der Waals surface area contributed by atoms with E-state index < -0.39 is 0 Å². The summed E-state index contributed by atoms with van der Waals surface area (Å²) < 4.78 is 0. The Morgan fingerprint density at radius 3 is 2.70 bits per heavy atom. The molecule has 1 atom stereocenters. The molecular formula is C17H29N3. The summed E-state index contributed by atoms with van der Waals surface area (Å²) in [6.45, 7) is 6.59. The van der Waals surface area contributed by atoms with Gasteiger partial charge in [0.1, 0.15) is 0 Å². The molecule has 0 amide bonds. The largest absolute Gasteiger partial charge is 0.373 e. The van der Waals surface area contributed by atoms with Gasteiger partial charge in [0.15, 0.2) is 0 Å². The summed E-state index contributed by atoms with van der Waals surface area (Å²) in [5.74, 6) is 0.879. The molecular weight excluding hydrogens is 246 g/mol. The third-order valence-corrected chi connectivity index (χ3v) is 4.36. The molecule has 0 saturated heterocycles. The molecule has 0 aliphatic heterocycles. The van der Waals surface area contributed by atoms with Crippen LogP contribution in [-0.4, -0.2) is 25.1 Å². The average molecular weight is 275 g/mol. The molecule has 0 aromatic carbocycles. The maximum Gasteiger partial charge on any atom is 0.0572 e. The Balaban J connectivity index is 1.89. The van der Waals surface area contributed by atoms with Gasteiger partial charge in [-0.1, -0.05) is 19.8 Å².